The maximum Gasteiger partial charge on any atom is 0.0949 e. The second kappa shape index (κ2) is 10.7. The Kier molecular flexibility index (Phi) is 10.0. The van der Waals surface area contributed by atoms with Gasteiger partial charge in [0.05, 0.1) is 20.2 Å². The van der Waals surface area contributed by atoms with Crippen LogP contribution in [0.1, 0.15) is 30.5 Å². The van der Waals surface area contributed by atoms with Gasteiger partial charge in [0.1, 0.15) is 0 Å². The SMILES string of the molecule is CSSC(C)(C)CSCc1cc(CCS(=O)(=O)[O-])cc(CCS(=O)(=O)[O-])c1. The highest BCUT2D eigenvalue weighted by Gasteiger charge is 2.18. The van der Waals surface area contributed by atoms with Crippen molar-refractivity contribution >= 4 is 53.6 Å². The van der Waals surface area contributed by atoms with E-state index in [1.54, 1.807) is 39.4 Å². The molecule has 11 heteroatoms. The summed E-state index contributed by atoms with van der Waals surface area (Å²) >= 11 is 1.72. The smallest absolute Gasteiger partial charge is 0.0949 e. The molecular weight excluding hydrogens is 449 g/mol. The fourth-order valence-electron chi connectivity index (χ4n) is 2.36. The molecule has 0 radical (unpaired) electrons. The van der Waals surface area contributed by atoms with Crippen LogP contribution in [0, 0.1) is 0 Å². The number of thioether (sulfide) groups is 1. The van der Waals surface area contributed by atoms with Gasteiger partial charge in [-0.15, -0.1) is 0 Å². The van der Waals surface area contributed by atoms with Gasteiger partial charge in [0.25, 0.3) is 0 Å². The van der Waals surface area contributed by atoms with Crippen LogP contribution in [0.3, 0.4) is 0 Å². The average Bonchev–Trinajstić information content (AvgIpc) is 2.49. The van der Waals surface area contributed by atoms with Crippen molar-refractivity contribution in [2.75, 3.05) is 23.5 Å². The topological polar surface area (TPSA) is 114 Å². The fraction of sp³-hybridized carbons (Fsp3) is 0.625. The first-order valence-corrected chi connectivity index (χ1v) is 14.9. The summed E-state index contributed by atoms with van der Waals surface area (Å²) in [5.41, 5.74) is 2.23. The third kappa shape index (κ3) is 12.3. The second-order valence-electron chi connectivity index (χ2n) is 6.68. The van der Waals surface area contributed by atoms with Crippen LogP contribution < -0.4 is 0 Å². The van der Waals surface area contributed by atoms with E-state index in [4.69, 9.17) is 0 Å². The fourth-order valence-corrected chi connectivity index (χ4v) is 7.01. The molecular formula is C16H24O6S5-2. The van der Waals surface area contributed by atoms with Gasteiger partial charge in [0.2, 0.25) is 0 Å². The van der Waals surface area contributed by atoms with Gasteiger partial charge in [-0.25, -0.2) is 16.8 Å². The molecule has 0 aliphatic rings. The summed E-state index contributed by atoms with van der Waals surface area (Å²) in [5.74, 6) is 0.552. The molecule has 0 saturated heterocycles. The van der Waals surface area contributed by atoms with E-state index in [-0.39, 0.29) is 17.6 Å². The van der Waals surface area contributed by atoms with E-state index in [1.165, 1.54) is 0 Å². The van der Waals surface area contributed by atoms with Crippen molar-refractivity contribution in [3.8, 4) is 0 Å². The first-order chi connectivity index (χ1) is 12.3. The van der Waals surface area contributed by atoms with Crippen LogP contribution in [-0.2, 0) is 38.8 Å². The third-order valence-electron chi connectivity index (χ3n) is 3.42. The Balaban J connectivity index is 2.89. The van der Waals surface area contributed by atoms with Crippen molar-refractivity contribution < 1.29 is 25.9 Å². The number of hydrogen-bond acceptors (Lipinski definition) is 9. The third-order valence-corrected chi connectivity index (χ3v) is 9.09. The molecule has 0 saturated carbocycles. The first kappa shape index (κ1) is 25.1. The van der Waals surface area contributed by atoms with E-state index < -0.39 is 31.7 Å². The Labute approximate surface area is 174 Å². The average molecular weight is 473 g/mol. The summed E-state index contributed by atoms with van der Waals surface area (Å²) in [6.45, 7) is 4.31. The molecule has 0 bridgehead atoms. The molecule has 0 unspecified atom stereocenters. The quantitative estimate of drug-likeness (QED) is 0.334. The molecule has 0 aliphatic heterocycles. The minimum absolute atomic E-state index is 0.0648. The van der Waals surface area contributed by atoms with Crippen molar-refractivity contribution in [2.24, 2.45) is 0 Å². The molecule has 1 rings (SSSR count). The van der Waals surface area contributed by atoms with Crippen molar-refractivity contribution in [1.82, 2.24) is 0 Å². The Morgan fingerprint density at radius 2 is 1.33 bits per heavy atom. The summed E-state index contributed by atoms with van der Waals surface area (Å²) in [4.78, 5) is 0. The molecule has 0 aromatic heterocycles. The molecule has 27 heavy (non-hydrogen) atoms. The zero-order chi connectivity index (χ0) is 20.7. The zero-order valence-corrected chi connectivity index (χ0v) is 19.5. The van der Waals surface area contributed by atoms with Gasteiger partial charge >= 0.3 is 0 Å². The monoisotopic (exact) mass is 472 g/mol. The molecule has 0 spiro atoms. The predicted octanol–water partition coefficient (Wildman–Crippen LogP) is 2.89. The lowest BCUT2D eigenvalue weighted by Crippen LogP contribution is -2.16. The summed E-state index contributed by atoms with van der Waals surface area (Å²) in [6, 6.07) is 5.34. The van der Waals surface area contributed by atoms with E-state index in [0.29, 0.717) is 16.9 Å². The first-order valence-electron chi connectivity index (χ1n) is 8.08. The Bertz CT molecular complexity index is 763. The van der Waals surface area contributed by atoms with Crippen LogP contribution in [0.2, 0.25) is 0 Å². The second-order valence-corrected chi connectivity index (χ2v) is 13.8. The van der Waals surface area contributed by atoms with Gasteiger partial charge in [0.15, 0.2) is 0 Å². The van der Waals surface area contributed by atoms with Gasteiger partial charge in [-0.2, -0.15) is 11.8 Å². The normalized spacial score (nSPS) is 13.1. The highest BCUT2D eigenvalue weighted by Crippen LogP contribution is 2.36. The summed E-state index contributed by atoms with van der Waals surface area (Å²) in [7, 11) is -5.17. The molecule has 0 N–H and O–H groups in total. The summed E-state index contributed by atoms with van der Waals surface area (Å²) in [6.07, 6.45) is 2.16. The highest BCUT2D eigenvalue weighted by atomic mass is 33.1. The molecule has 156 valence electrons. The molecule has 6 nitrogen and oxygen atoms in total. The van der Waals surface area contributed by atoms with Crippen molar-refractivity contribution in [1.29, 1.82) is 0 Å². The van der Waals surface area contributed by atoms with Gasteiger partial charge in [-0.1, -0.05) is 39.8 Å². The molecule has 0 fully saturated rings. The predicted molar refractivity (Wildman–Crippen MR) is 114 cm³/mol. The number of hydrogen-bond donors (Lipinski definition) is 0. The van der Waals surface area contributed by atoms with Gasteiger partial charge < -0.3 is 9.11 Å². The zero-order valence-electron chi connectivity index (χ0n) is 15.5. The van der Waals surface area contributed by atoms with Crippen LogP contribution in [0.4, 0.5) is 0 Å². The highest BCUT2D eigenvalue weighted by molar-refractivity contribution is 8.77. The van der Waals surface area contributed by atoms with Crippen molar-refractivity contribution in [3.05, 3.63) is 34.9 Å². The van der Waals surface area contributed by atoms with Gasteiger partial charge in [-0.3, -0.25) is 0 Å². The van der Waals surface area contributed by atoms with Gasteiger partial charge in [-0.05, 0) is 49.6 Å². The van der Waals surface area contributed by atoms with Crippen LogP contribution in [-0.4, -0.2) is 54.2 Å². The molecule has 0 aliphatic carbocycles. The lowest BCUT2D eigenvalue weighted by Gasteiger charge is -2.22. The lowest BCUT2D eigenvalue weighted by atomic mass is 10.0. The molecule has 0 heterocycles. The minimum atomic E-state index is -4.33. The maximum absolute atomic E-state index is 10.9. The Morgan fingerprint density at radius 3 is 1.74 bits per heavy atom. The lowest BCUT2D eigenvalue weighted by molar-refractivity contribution is 0.460. The van der Waals surface area contributed by atoms with Crippen LogP contribution in [0.15, 0.2) is 18.2 Å². The largest absolute Gasteiger partial charge is 0.748 e. The molecule has 0 amide bonds. The van der Waals surface area contributed by atoms with Crippen LogP contribution in [0.25, 0.3) is 0 Å². The number of rotatable bonds is 12. The number of benzene rings is 1. The van der Waals surface area contributed by atoms with Gasteiger partial charge in [0, 0.05) is 27.8 Å². The number of aryl methyl sites for hydroxylation is 2. The Morgan fingerprint density at radius 1 is 0.889 bits per heavy atom. The maximum atomic E-state index is 10.9. The van der Waals surface area contributed by atoms with Crippen LogP contribution >= 0.6 is 33.3 Å². The van der Waals surface area contributed by atoms with E-state index in [2.05, 4.69) is 13.8 Å². The van der Waals surface area contributed by atoms with E-state index >= 15 is 0 Å². The standard InChI is InChI=1S/C16H26O6S5/c1-16(2,25-23-3)12-24-11-15-9-13(4-6-26(17,18)19)8-14(10-15)5-7-27(20,21)22/h8-10H,4-7,11-12H2,1-3H3,(H,17,18,19)(H,20,21,22)/p-2. The molecule has 0 atom stereocenters. The summed E-state index contributed by atoms with van der Waals surface area (Å²) < 4.78 is 65.4. The van der Waals surface area contributed by atoms with E-state index in [9.17, 15) is 25.9 Å². The van der Waals surface area contributed by atoms with Crippen molar-refractivity contribution in [2.45, 2.75) is 37.2 Å². The van der Waals surface area contributed by atoms with Crippen molar-refractivity contribution in [3.63, 3.8) is 0 Å². The Hall–Kier alpha value is 0.0900. The van der Waals surface area contributed by atoms with E-state index in [1.807, 2.05) is 18.4 Å². The summed E-state index contributed by atoms with van der Waals surface area (Å²) in [5, 5.41) is 0. The molecule has 1 aromatic carbocycles. The minimum Gasteiger partial charge on any atom is -0.748 e. The van der Waals surface area contributed by atoms with E-state index in [0.717, 1.165) is 11.3 Å². The molecule has 1 aromatic rings. The van der Waals surface area contributed by atoms with Crippen LogP contribution in [0.5, 0.6) is 0 Å².